The van der Waals surface area contributed by atoms with E-state index in [0.717, 1.165) is 52.3 Å². The summed E-state index contributed by atoms with van der Waals surface area (Å²) in [5.41, 5.74) is 4.27. The van der Waals surface area contributed by atoms with Gasteiger partial charge in [0.15, 0.2) is 0 Å². The maximum absolute atomic E-state index is 10.7. The molecule has 0 bridgehead atoms. The summed E-state index contributed by atoms with van der Waals surface area (Å²) in [6, 6.07) is 3.88. The van der Waals surface area contributed by atoms with Gasteiger partial charge < -0.3 is 10.0 Å². The molecule has 0 saturated heterocycles. The molecule has 1 aromatic heterocycles. The minimum absolute atomic E-state index is 0.726. The van der Waals surface area contributed by atoms with Crippen molar-refractivity contribution in [3.8, 4) is 0 Å². The summed E-state index contributed by atoms with van der Waals surface area (Å²) in [5, 5.41) is 12.4. The summed E-state index contributed by atoms with van der Waals surface area (Å²) in [6.07, 6.45) is 0.913. The minimum Gasteiger partial charge on any atom is -0.386 e. The van der Waals surface area contributed by atoms with Gasteiger partial charge in [-0.3, -0.25) is 4.98 Å². The van der Waals surface area contributed by atoms with Crippen molar-refractivity contribution >= 4 is 22.5 Å². The lowest BCUT2D eigenvalue weighted by atomic mass is 9.86. The van der Waals surface area contributed by atoms with Crippen LogP contribution in [0, 0.1) is 6.92 Å². The Balaban J connectivity index is 2.43. The van der Waals surface area contributed by atoms with Crippen LogP contribution in [0.3, 0.4) is 0 Å². The van der Waals surface area contributed by atoms with Gasteiger partial charge in [0.25, 0.3) is 0 Å². The second-order valence-electron chi connectivity index (χ2n) is 6.53. The van der Waals surface area contributed by atoms with Gasteiger partial charge in [0, 0.05) is 35.6 Å². The topological polar surface area (TPSA) is 36.4 Å². The molecule has 4 heteroatoms. The highest BCUT2D eigenvalue weighted by atomic mass is 35.5. The molecule has 21 heavy (non-hydrogen) atoms. The Labute approximate surface area is 130 Å². The number of fused-ring (bicyclic) bond motifs is 2. The SMILES string of the molecule is Cc1c(Cl)ccc2c(C(C)(C)O)c3c(nc12)CCN(C)C3. The highest BCUT2D eigenvalue weighted by molar-refractivity contribution is 6.32. The number of nitrogens with zero attached hydrogens (tertiary/aromatic N) is 2. The molecule has 0 saturated carbocycles. The van der Waals surface area contributed by atoms with Gasteiger partial charge in [0.2, 0.25) is 0 Å². The molecule has 3 rings (SSSR count). The number of likely N-dealkylation sites (N-methyl/N-ethyl adjacent to an activating group) is 1. The Morgan fingerprint density at radius 1 is 1.33 bits per heavy atom. The van der Waals surface area contributed by atoms with Crippen LogP contribution < -0.4 is 0 Å². The van der Waals surface area contributed by atoms with E-state index in [1.165, 1.54) is 5.56 Å². The lowest BCUT2D eigenvalue weighted by molar-refractivity contribution is 0.0778. The third-order valence-corrected chi connectivity index (χ3v) is 4.71. The maximum Gasteiger partial charge on any atom is 0.0850 e. The first-order valence-corrected chi connectivity index (χ1v) is 7.69. The third kappa shape index (κ3) is 2.44. The van der Waals surface area contributed by atoms with Crippen LogP contribution in [0.2, 0.25) is 5.02 Å². The van der Waals surface area contributed by atoms with E-state index in [9.17, 15) is 5.11 Å². The second-order valence-corrected chi connectivity index (χ2v) is 6.93. The molecule has 1 N–H and O–H groups in total. The summed E-state index contributed by atoms with van der Waals surface area (Å²) in [7, 11) is 2.11. The number of aryl methyl sites for hydroxylation is 1. The van der Waals surface area contributed by atoms with Crippen LogP contribution in [-0.4, -0.2) is 28.6 Å². The molecule has 0 aliphatic carbocycles. The Bertz CT molecular complexity index is 719. The number of benzene rings is 1. The van der Waals surface area contributed by atoms with Gasteiger partial charge in [0.1, 0.15) is 0 Å². The summed E-state index contributed by atoms with van der Waals surface area (Å²) >= 11 is 6.25. The predicted octanol–water partition coefficient (Wildman–Crippen LogP) is 3.41. The fourth-order valence-corrected chi connectivity index (χ4v) is 3.40. The molecule has 0 atom stereocenters. The number of pyridine rings is 1. The first-order valence-electron chi connectivity index (χ1n) is 7.31. The van der Waals surface area contributed by atoms with Gasteiger partial charge >= 0.3 is 0 Å². The fraction of sp³-hybridized carbons (Fsp3) is 0.471. The van der Waals surface area contributed by atoms with Gasteiger partial charge in [-0.25, -0.2) is 0 Å². The van der Waals surface area contributed by atoms with Crippen molar-refractivity contribution < 1.29 is 5.11 Å². The molecule has 3 nitrogen and oxygen atoms in total. The van der Waals surface area contributed by atoms with Crippen LogP contribution in [0.5, 0.6) is 0 Å². The molecule has 0 radical (unpaired) electrons. The Hall–Kier alpha value is -1.16. The molecule has 0 fully saturated rings. The highest BCUT2D eigenvalue weighted by Gasteiger charge is 2.29. The zero-order valence-electron chi connectivity index (χ0n) is 13.0. The average Bonchev–Trinajstić information content (AvgIpc) is 2.39. The third-order valence-electron chi connectivity index (χ3n) is 4.30. The largest absolute Gasteiger partial charge is 0.386 e. The first kappa shape index (κ1) is 14.8. The smallest absolute Gasteiger partial charge is 0.0850 e. The number of rotatable bonds is 1. The van der Waals surface area contributed by atoms with Gasteiger partial charge in [-0.05, 0) is 50.6 Å². The van der Waals surface area contributed by atoms with E-state index in [4.69, 9.17) is 16.6 Å². The lowest BCUT2D eigenvalue weighted by Crippen LogP contribution is -2.31. The zero-order valence-corrected chi connectivity index (χ0v) is 13.8. The molecule has 1 aliphatic heterocycles. The summed E-state index contributed by atoms with van der Waals surface area (Å²) in [5.74, 6) is 0. The van der Waals surface area contributed by atoms with Crippen LogP contribution in [0.4, 0.5) is 0 Å². The molecule has 0 amide bonds. The van der Waals surface area contributed by atoms with Crippen molar-refractivity contribution in [2.75, 3.05) is 13.6 Å². The predicted molar refractivity (Wildman–Crippen MR) is 86.8 cm³/mol. The van der Waals surface area contributed by atoms with Gasteiger partial charge in [-0.15, -0.1) is 0 Å². The minimum atomic E-state index is -0.899. The highest BCUT2D eigenvalue weighted by Crippen LogP contribution is 2.37. The molecule has 2 aromatic rings. The van der Waals surface area contributed by atoms with Gasteiger partial charge in [-0.2, -0.15) is 0 Å². The van der Waals surface area contributed by atoms with E-state index < -0.39 is 5.60 Å². The van der Waals surface area contributed by atoms with Gasteiger partial charge in [-0.1, -0.05) is 17.7 Å². The van der Waals surface area contributed by atoms with Gasteiger partial charge in [0.05, 0.1) is 11.1 Å². The Morgan fingerprint density at radius 2 is 2.05 bits per heavy atom. The normalized spacial score (nSPS) is 16.3. The summed E-state index contributed by atoms with van der Waals surface area (Å²) < 4.78 is 0. The molecule has 1 aliphatic rings. The van der Waals surface area contributed by atoms with Crippen molar-refractivity contribution in [1.29, 1.82) is 0 Å². The van der Waals surface area contributed by atoms with E-state index in [2.05, 4.69) is 11.9 Å². The number of aliphatic hydroxyl groups is 1. The number of aromatic nitrogens is 1. The Kier molecular flexibility index (Phi) is 3.47. The molecule has 0 unspecified atom stereocenters. The van der Waals surface area contributed by atoms with E-state index in [0.29, 0.717) is 0 Å². The average molecular weight is 305 g/mol. The zero-order chi connectivity index (χ0) is 15.4. The maximum atomic E-state index is 10.7. The van der Waals surface area contributed by atoms with E-state index in [1.807, 2.05) is 32.9 Å². The Morgan fingerprint density at radius 3 is 2.71 bits per heavy atom. The van der Waals surface area contributed by atoms with Crippen molar-refractivity contribution in [2.24, 2.45) is 0 Å². The number of halogens is 1. The van der Waals surface area contributed by atoms with Crippen molar-refractivity contribution in [3.05, 3.63) is 39.5 Å². The quantitative estimate of drug-likeness (QED) is 0.877. The summed E-state index contributed by atoms with van der Waals surface area (Å²) in [4.78, 5) is 7.13. The van der Waals surface area contributed by atoms with Crippen molar-refractivity contribution in [2.45, 2.75) is 39.3 Å². The molecule has 1 aromatic carbocycles. The van der Waals surface area contributed by atoms with Crippen molar-refractivity contribution in [1.82, 2.24) is 9.88 Å². The van der Waals surface area contributed by atoms with Crippen molar-refractivity contribution in [3.63, 3.8) is 0 Å². The molecule has 2 heterocycles. The molecule has 112 valence electrons. The second kappa shape index (κ2) is 4.94. The van der Waals surface area contributed by atoms with Crippen LogP contribution in [0.25, 0.3) is 10.9 Å². The number of hydrogen-bond donors (Lipinski definition) is 1. The van der Waals surface area contributed by atoms with Crippen LogP contribution in [0.1, 0.15) is 36.2 Å². The monoisotopic (exact) mass is 304 g/mol. The van der Waals surface area contributed by atoms with E-state index in [1.54, 1.807) is 0 Å². The summed E-state index contributed by atoms with van der Waals surface area (Å²) in [6.45, 7) is 7.52. The van der Waals surface area contributed by atoms with E-state index in [-0.39, 0.29) is 0 Å². The van der Waals surface area contributed by atoms with Crippen LogP contribution in [-0.2, 0) is 18.6 Å². The molecule has 0 spiro atoms. The number of hydrogen-bond acceptors (Lipinski definition) is 3. The fourth-order valence-electron chi connectivity index (χ4n) is 3.25. The molecular weight excluding hydrogens is 284 g/mol. The standard InChI is InChI=1S/C17H21ClN2O/c1-10-13(18)6-5-11-15(17(2,3)21)12-9-20(4)8-7-14(12)19-16(10)11/h5-6,21H,7-9H2,1-4H3. The lowest BCUT2D eigenvalue weighted by Gasteiger charge is -2.31. The molecular formula is C17H21ClN2O. The first-order chi connectivity index (χ1) is 9.79. The van der Waals surface area contributed by atoms with Crippen LogP contribution in [0.15, 0.2) is 12.1 Å². The van der Waals surface area contributed by atoms with E-state index >= 15 is 0 Å². The van der Waals surface area contributed by atoms with Crippen LogP contribution >= 0.6 is 11.6 Å².